The van der Waals surface area contributed by atoms with Gasteiger partial charge in [-0.3, -0.25) is 9.59 Å². The molecule has 158 valence electrons. The molecule has 29 heavy (non-hydrogen) atoms. The number of rotatable bonds is 6. The van der Waals surface area contributed by atoms with Gasteiger partial charge >= 0.3 is 29.0 Å². The van der Waals surface area contributed by atoms with Crippen molar-refractivity contribution in [3.05, 3.63) is 63.7 Å². The zero-order valence-electron chi connectivity index (χ0n) is 17.8. The first-order valence-corrected chi connectivity index (χ1v) is 10.1. The summed E-state index contributed by atoms with van der Waals surface area (Å²) in [5.74, 6) is 0.152. The molecule has 4 nitrogen and oxygen atoms in total. The van der Waals surface area contributed by atoms with Crippen molar-refractivity contribution >= 4 is 11.9 Å². The van der Waals surface area contributed by atoms with Gasteiger partial charge in [0.05, 0.1) is 13.2 Å². The third-order valence-electron chi connectivity index (χ3n) is 5.77. The van der Waals surface area contributed by atoms with Crippen LogP contribution in [0.4, 0.5) is 0 Å². The molecule has 0 bridgehead atoms. The van der Waals surface area contributed by atoms with E-state index in [1.165, 1.54) is 0 Å². The van der Waals surface area contributed by atoms with Crippen molar-refractivity contribution in [2.75, 3.05) is 13.2 Å². The Morgan fingerprint density at radius 1 is 0.931 bits per heavy atom. The molecule has 5 heteroatoms. The smallest absolute Gasteiger partial charge is 0.465 e. The molecule has 3 rings (SSSR count). The average molecular weight is 440 g/mol. The first-order valence-electron chi connectivity index (χ1n) is 10.1. The van der Waals surface area contributed by atoms with Gasteiger partial charge in [0.15, 0.2) is 5.41 Å². The predicted molar refractivity (Wildman–Crippen MR) is 109 cm³/mol. The van der Waals surface area contributed by atoms with Gasteiger partial charge in [-0.25, -0.2) is 0 Å². The van der Waals surface area contributed by atoms with Crippen molar-refractivity contribution in [1.29, 1.82) is 0 Å². The zero-order chi connectivity index (χ0) is 20.6. The summed E-state index contributed by atoms with van der Waals surface area (Å²) in [6.45, 7) is 8.27. The van der Waals surface area contributed by atoms with Gasteiger partial charge in [-0.05, 0) is 102 Å². The number of hydrogen-bond acceptors (Lipinski definition) is 4. The van der Waals surface area contributed by atoms with Crippen LogP contribution in [0.15, 0.2) is 0 Å². The SMILES string of the molecule is CCOC(=O)C1(C(=O)OCC)CCCC1C(C)(C)[C]1[CH][CH][CH][CH]1.[CH]1[CH][CH][CH][CH]1.[Fe+2]. The topological polar surface area (TPSA) is 52.6 Å². The Balaban J connectivity index is 0.000000610. The average Bonchev–Trinajstić information content (AvgIpc) is 3.46. The minimum atomic E-state index is -1.19. The van der Waals surface area contributed by atoms with Crippen LogP contribution in [-0.2, 0) is 36.1 Å². The summed E-state index contributed by atoms with van der Waals surface area (Å²) in [4.78, 5) is 25.6. The van der Waals surface area contributed by atoms with Crippen LogP contribution in [0.3, 0.4) is 0 Å². The standard InChI is InChI=1S/C19H27O4.C5H5.Fe/c1-5-22-16(20)19(17(21)23-6-2)13-9-12-15(19)18(3,4)14-10-7-8-11-14;1-2-4-5-3-1;/h7-8,10-11,15H,5-6,9,12-13H2,1-4H3;1-5H;/q;;+2. The monoisotopic (exact) mass is 440 g/mol. The van der Waals surface area contributed by atoms with E-state index < -0.39 is 17.4 Å². The summed E-state index contributed by atoms with van der Waals surface area (Å²) in [6.07, 6.45) is 20.2. The minimum absolute atomic E-state index is 0. The number of esters is 2. The van der Waals surface area contributed by atoms with E-state index >= 15 is 0 Å². The molecule has 3 aliphatic carbocycles. The largest absolute Gasteiger partial charge is 2.00 e. The van der Waals surface area contributed by atoms with Gasteiger partial charge in [0.1, 0.15) is 0 Å². The molecule has 0 aromatic carbocycles. The predicted octanol–water partition coefficient (Wildman–Crippen LogP) is 4.35. The Labute approximate surface area is 188 Å². The van der Waals surface area contributed by atoms with Crippen molar-refractivity contribution in [2.45, 2.75) is 47.0 Å². The molecule has 0 aliphatic heterocycles. The van der Waals surface area contributed by atoms with Crippen LogP contribution in [0.2, 0.25) is 0 Å². The maximum Gasteiger partial charge on any atom is 2.00 e. The molecule has 0 heterocycles. The summed E-state index contributed by atoms with van der Waals surface area (Å²) < 4.78 is 10.6. The van der Waals surface area contributed by atoms with E-state index in [1.54, 1.807) is 13.8 Å². The summed E-state index contributed by atoms with van der Waals surface area (Å²) >= 11 is 0. The van der Waals surface area contributed by atoms with Crippen molar-refractivity contribution in [3.63, 3.8) is 0 Å². The van der Waals surface area contributed by atoms with Gasteiger partial charge in [0.2, 0.25) is 0 Å². The van der Waals surface area contributed by atoms with Gasteiger partial charge in [0, 0.05) is 0 Å². The Hall–Kier alpha value is -0.541. The molecule has 3 fully saturated rings. The summed E-state index contributed by atoms with van der Waals surface area (Å²) in [5, 5.41) is 0. The van der Waals surface area contributed by atoms with Gasteiger partial charge in [-0.2, -0.15) is 0 Å². The molecule has 0 aromatic heterocycles. The van der Waals surface area contributed by atoms with Crippen molar-refractivity contribution in [3.8, 4) is 0 Å². The van der Waals surface area contributed by atoms with E-state index in [4.69, 9.17) is 9.47 Å². The maximum absolute atomic E-state index is 12.8. The molecule has 0 spiro atoms. The number of carbonyl (C=O) groups is 2. The minimum Gasteiger partial charge on any atom is -0.465 e. The summed E-state index contributed by atoms with van der Waals surface area (Å²) in [7, 11) is 0. The zero-order valence-corrected chi connectivity index (χ0v) is 18.9. The third-order valence-corrected chi connectivity index (χ3v) is 5.77. The Morgan fingerprint density at radius 3 is 1.79 bits per heavy atom. The van der Waals surface area contributed by atoms with Crippen molar-refractivity contribution < 1.29 is 36.1 Å². The van der Waals surface area contributed by atoms with E-state index in [0.29, 0.717) is 6.42 Å². The summed E-state index contributed by atoms with van der Waals surface area (Å²) in [5.41, 5.74) is -1.49. The number of ether oxygens (including phenoxy) is 2. The first-order chi connectivity index (χ1) is 13.4. The molecule has 0 saturated heterocycles. The van der Waals surface area contributed by atoms with Gasteiger partial charge in [-0.1, -0.05) is 20.3 Å². The molecule has 3 aliphatic rings. The second-order valence-corrected chi connectivity index (χ2v) is 7.71. The normalized spacial score (nSPS) is 23.7. The van der Waals surface area contributed by atoms with Crippen molar-refractivity contribution in [2.24, 2.45) is 16.7 Å². The van der Waals surface area contributed by atoms with Crippen LogP contribution in [0.5, 0.6) is 0 Å². The summed E-state index contributed by atoms with van der Waals surface area (Å²) in [6, 6.07) is 0. The van der Waals surface area contributed by atoms with Crippen LogP contribution in [-0.4, -0.2) is 25.2 Å². The fourth-order valence-corrected chi connectivity index (χ4v) is 4.40. The van der Waals surface area contributed by atoms with E-state index in [9.17, 15) is 9.59 Å². The molecule has 1 unspecified atom stereocenters. The molecule has 0 N–H and O–H groups in total. The second kappa shape index (κ2) is 12.3. The quantitative estimate of drug-likeness (QED) is 0.350. The van der Waals surface area contributed by atoms with Gasteiger partial charge in [0.25, 0.3) is 0 Å². The Kier molecular flexibility index (Phi) is 11.3. The molecular weight excluding hydrogens is 408 g/mol. The second-order valence-electron chi connectivity index (χ2n) is 7.71. The fraction of sp³-hybridized carbons (Fsp3) is 0.500. The molecule has 0 aromatic rings. The van der Waals surface area contributed by atoms with Crippen molar-refractivity contribution in [1.82, 2.24) is 0 Å². The Bertz CT molecular complexity index is 481. The van der Waals surface area contributed by atoms with E-state index in [0.717, 1.165) is 18.8 Å². The van der Waals surface area contributed by atoms with Crippen LogP contribution in [0.25, 0.3) is 0 Å². The maximum atomic E-state index is 12.8. The van der Waals surface area contributed by atoms with Crippen LogP contribution < -0.4 is 0 Å². The van der Waals surface area contributed by atoms with E-state index in [-0.39, 0.29) is 41.6 Å². The molecule has 1 atom stereocenters. The molecule has 0 amide bonds. The fourth-order valence-electron chi connectivity index (χ4n) is 4.40. The molecule has 3 saturated carbocycles. The molecular formula is C24H32FeO4+2. The van der Waals surface area contributed by atoms with Crippen LogP contribution in [0.1, 0.15) is 47.0 Å². The molecule has 10 radical (unpaired) electrons. The number of hydrogen-bond donors (Lipinski definition) is 0. The van der Waals surface area contributed by atoms with E-state index in [1.807, 2.05) is 44.9 Å². The van der Waals surface area contributed by atoms with Gasteiger partial charge < -0.3 is 9.47 Å². The van der Waals surface area contributed by atoms with E-state index in [2.05, 4.69) is 26.7 Å². The first kappa shape index (κ1) is 26.5. The van der Waals surface area contributed by atoms with Crippen LogP contribution in [0, 0.1) is 80.5 Å². The third kappa shape index (κ3) is 6.00. The number of carbonyl (C=O) groups excluding carboxylic acids is 2. The Morgan fingerprint density at radius 2 is 1.38 bits per heavy atom. The van der Waals surface area contributed by atoms with Gasteiger partial charge in [-0.15, -0.1) is 0 Å². The van der Waals surface area contributed by atoms with Crippen LogP contribution >= 0.6 is 0 Å².